The van der Waals surface area contributed by atoms with Crippen molar-refractivity contribution in [1.82, 2.24) is 10.6 Å². The largest absolute Gasteiger partial charge is 0.495 e. The topological polar surface area (TPSA) is 74.8 Å². The number of ether oxygens (including phenoxy) is 1. The molecule has 25 heavy (non-hydrogen) atoms. The maximum absolute atomic E-state index is 11.3. The first kappa shape index (κ1) is 21.2. The molecule has 0 unspecified atom stereocenters. The number of methoxy groups -OCH3 is 1. The van der Waals surface area contributed by atoms with Gasteiger partial charge in [0.2, 0.25) is 5.91 Å². The number of aliphatic imine (C=N–C) groups is 1. The Balaban J connectivity index is 0.00000312. The Labute approximate surface area is 169 Å². The maximum atomic E-state index is 11.3. The Morgan fingerprint density at radius 2 is 1.92 bits per heavy atom. The molecule has 2 aromatic rings. The van der Waals surface area contributed by atoms with Crippen LogP contribution in [0.1, 0.15) is 18.1 Å². The van der Waals surface area contributed by atoms with Gasteiger partial charge in [0.05, 0.1) is 12.8 Å². The van der Waals surface area contributed by atoms with Gasteiger partial charge in [-0.05, 0) is 40.1 Å². The number of hydrogen-bond donors (Lipinski definition) is 3. The second kappa shape index (κ2) is 10.9. The van der Waals surface area contributed by atoms with Crippen molar-refractivity contribution in [3.05, 3.63) is 46.2 Å². The maximum Gasteiger partial charge on any atom is 0.221 e. The highest BCUT2D eigenvalue weighted by Crippen LogP contribution is 2.25. The Bertz CT molecular complexity index is 705. The van der Waals surface area contributed by atoms with E-state index >= 15 is 0 Å². The van der Waals surface area contributed by atoms with Crippen molar-refractivity contribution in [2.45, 2.75) is 20.0 Å². The van der Waals surface area contributed by atoms with Crippen LogP contribution in [-0.4, -0.2) is 26.0 Å². The van der Waals surface area contributed by atoms with E-state index in [0.717, 1.165) is 18.1 Å². The Morgan fingerprint density at radius 3 is 2.48 bits per heavy atom. The van der Waals surface area contributed by atoms with Crippen LogP contribution in [0.15, 0.2) is 40.0 Å². The monoisotopic (exact) mass is 474 g/mol. The van der Waals surface area contributed by atoms with Gasteiger partial charge in [-0.2, -0.15) is 11.3 Å². The predicted molar refractivity (Wildman–Crippen MR) is 114 cm³/mol. The molecule has 3 N–H and O–H groups in total. The van der Waals surface area contributed by atoms with Crippen molar-refractivity contribution in [3.63, 3.8) is 0 Å². The van der Waals surface area contributed by atoms with Crippen LogP contribution >= 0.6 is 35.3 Å². The SMILES string of the molecule is CN=C(NCc1ccsc1)NCc1ccc(OC)c(NC(C)=O)c1.I. The summed E-state index contributed by atoms with van der Waals surface area (Å²) in [5, 5.41) is 13.4. The minimum absolute atomic E-state index is 0. The number of carbonyl (C=O) groups excluding carboxylic acids is 1. The zero-order chi connectivity index (χ0) is 17.4. The minimum Gasteiger partial charge on any atom is -0.495 e. The fourth-order valence-corrected chi connectivity index (χ4v) is 2.81. The summed E-state index contributed by atoms with van der Waals surface area (Å²) in [4.78, 5) is 15.5. The third-order valence-corrected chi connectivity index (χ3v) is 4.03. The molecule has 0 saturated heterocycles. The molecule has 0 saturated carbocycles. The molecule has 1 amide bonds. The smallest absolute Gasteiger partial charge is 0.221 e. The molecule has 2 rings (SSSR count). The van der Waals surface area contributed by atoms with E-state index < -0.39 is 0 Å². The van der Waals surface area contributed by atoms with Crippen LogP contribution < -0.4 is 20.7 Å². The molecule has 1 aromatic carbocycles. The number of thiophene rings is 1. The third-order valence-electron chi connectivity index (χ3n) is 3.30. The first-order valence-electron chi connectivity index (χ1n) is 7.52. The lowest BCUT2D eigenvalue weighted by Gasteiger charge is -2.14. The lowest BCUT2D eigenvalue weighted by atomic mass is 10.2. The van der Waals surface area contributed by atoms with E-state index in [4.69, 9.17) is 4.74 Å². The van der Waals surface area contributed by atoms with Crippen LogP contribution in [0, 0.1) is 0 Å². The highest BCUT2D eigenvalue weighted by atomic mass is 127. The van der Waals surface area contributed by atoms with Crippen molar-refractivity contribution in [2.24, 2.45) is 4.99 Å². The number of halogens is 1. The minimum atomic E-state index is -0.133. The molecule has 1 aromatic heterocycles. The van der Waals surface area contributed by atoms with Crippen LogP contribution in [0.5, 0.6) is 5.75 Å². The van der Waals surface area contributed by atoms with Gasteiger partial charge >= 0.3 is 0 Å². The molecule has 0 atom stereocenters. The zero-order valence-corrected chi connectivity index (χ0v) is 17.6. The first-order chi connectivity index (χ1) is 11.6. The number of nitrogens with one attached hydrogen (secondary N) is 3. The van der Waals surface area contributed by atoms with Gasteiger partial charge in [-0.25, -0.2) is 0 Å². The Hall–Kier alpha value is -1.81. The lowest BCUT2D eigenvalue weighted by molar-refractivity contribution is -0.114. The second-order valence-electron chi connectivity index (χ2n) is 5.13. The van der Waals surface area contributed by atoms with Crippen molar-refractivity contribution >= 4 is 52.9 Å². The molecular formula is C17H23IN4O2S. The lowest BCUT2D eigenvalue weighted by Crippen LogP contribution is -2.36. The molecular weight excluding hydrogens is 451 g/mol. The Kier molecular flexibility index (Phi) is 9.28. The average molecular weight is 474 g/mol. The summed E-state index contributed by atoms with van der Waals surface area (Å²) >= 11 is 1.67. The molecule has 0 radical (unpaired) electrons. The van der Waals surface area contributed by atoms with E-state index in [2.05, 4.69) is 32.4 Å². The highest BCUT2D eigenvalue weighted by Gasteiger charge is 2.07. The van der Waals surface area contributed by atoms with E-state index in [-0.39, 0.29) is 29.9 Å². The molecule has 0 bridgehead atoms. The van der Waals surface area contributed by atoms with Gasteiger partial charge in [0.15, 0.2) is 5.96 Å². The average Bonchev–Trinajstić information content (AvgIpc) is 3.08. The van der Waals surface area contributed by atoms with E-state index in [1.165, 1.54) is 12.5 Å². The van der Waals surface area contributed by atoms with Gasteiger partial charge < -0.3 is 20.7 Å². The van der Waals surface area contributed by atoms with Gasteiger partial charge in [0.1, 0.15) is 5.75 Å². The number of nitrogens with zero attached hydrogens (tertiary/aromatic N) is 1. The molecule has 0 spiro atoms. The molecule has 6 nitrogen and oxygen atoms in total. The zero-order valence-electron chi connectivity index (χ0n) is 14.5. The number of anilines is 1. The van der Waals surface area contributed by atoms with Gasteiger partial charge in [-0.15, -0.1) is 24.0 Å². The van der Waals surface area contributed by atoms with Crippen molar-refractivity contribution in [1.29, 1.82) is 0 Å². The predicted octanol–water partition coefficient (Wildman–Crippen LogP) is 3.20. The van der Waals surface area contributed by atoms with Crippen molar-refractivity contribution in [2.75, 3.05) is 19.5 Å². The molecule has 0 fully saturated rings. The summed E-state index contributed by atoms with van der Waals surface area (Å²) in [5.41, 5.74) is 2.89. The van der Waals surface area contributed by atoms with Gasteiger partial charge in [-0.1, -0.05) is 6.07 Å². The van der Waals surface area contributed by atoms with Crippen LogP contribution in [0.2, 0.25) is 0 Å². The van der Waals surface area contributed by atoms with Crippen molar-refractivity contribution < 1.29 is 9.53 Å². The summed E-state index contributed by atoms with van der Waals surface area (Å²) in [6.45, 7) is 2.78. The fraction of sp³-hybridized carbons (Fsp3) is 0.294. The highest BCUT2D eigenvalue weighted by molar-refractivity contribution is 14.0. The summed E-state index contributed by atoms with van der Waals surface area (Å²) < 4.78 is 5.26. The standard InChI is InChI=1S/C17H22N4O2S.HI/c1-12(22)21-15-8-13(4-5-16(15)23-3)9-19-17(18-2)20-10-14-6-7-24-11-14;/h4-8,11H,9-10H2,1-3H3,(H,21,22)(H2,18,19,20);1H. The number of benzene rings is 1. The number of carbonyl (C=O) groups is 1. The van der Waals surface area contributed by atoms with E-state index in [1.54, 1.807) is 25.5 Å². The summed E-state index contributed by atoms with van der Waals surface area (Å²) in [5.74, 6) is 1.22. The normalized spacial score (nSPS) is 10.6. The van der Waals surface area contributed by atoms with Gasteiger partial charge in [0, 0.05) is 27.1 Å². The number of hydrogen-bond acceptors (Lipinski definition) is 4. The van der Waals surface area contributed by atoms with E-state index in [9.17, 15) is 4.79 Å². The third kappa shape index (κ3) is 6.91. The van der Waals surface area contributed by atoms with Gasteiger partial charge in [0.25, 0.3) is 0 Å². The summed E-state index contributed by atoms with van der Waals surface area (Å²) in [6.07, 6.45) is 0. The second-order valence-corrected chi connectivity index (χ2v) is 5.91. The Morgan fingerprint density at radius 1 is 1.20 bits per heavy atom. The fourth-order valence-electron chi connectivity index (χ4n) is 2.14. The van der Waals surface area contributed by atoms with Crippen LogP contribution in [-0.2, 0) is 17.9 Å². The number of amides is 1. The summed E-state index contributed by atoms with van der Waals surface area (Å²) in [6, 6.07) is 7.75. The molecule has 136 valence electrons. The molecule has 0 aliphatic heterocycles. The van der Waals surface area contributed by atoms with E-state index in [0.29, 0.717) is 18.0 Å². The molecule has 0 aliphatic carbocycles. The van der Waals surface area contributed by atoms with Crippen LogP contribution in [0.25, 0.3) is 0 Å². The van der Waals surface area contributed by atoms with Gasteiger partial charge in [-0.3, -0.25) is 9.79 Å². The summed E-state index contributed by atoms with van der Waals surface area (Å²) in [7, 11) is 3.31. The van der Waals surface area contributed by atoms with Crippen LogP contribution in [0.4, 0.5) is 5.69 Å². The molecule has 0 aliphatic rings. The number of rotatable bonds is 6. The van der Waals surface area contributed by atoms with Crippen molar-refractivity contribution in [3.8, 4) is 5.75 Å². The first-order valence-corrected chi connectivity index (χ1v) is 8.46. The number of guanidine groups is 1. The van der Waals surface area contributed by atoms with Crippen LogP contribution in [0.3, 0.4) is 0 Å². The molecule has 1 heterocycles. The van der Waals surface area contributed by atoms with E-state index in [1.807, 2.05) is 23.6 Å². The molecule has 8 heteroatoms. The quantitative estimate of drug-likeness (QED) is 0.342.